The van der Waals surface area contributed by atoms with Gasteiger partial charge in [0.1, 0.15) is 22.6 Å². The van der Waals surface area contributed by atoms with Crippen LogP contribution in [0, 0.1) is 0 Å². The predicted octanol–water partition coefficient (Wildman–Crippen LogP) is 9.94. The molecule has 0 fully saturated rings. The van der Waals surface area contributed by atoms with Crippen molar-refractivity contribution >= 4 is 90.8 Å². The summed E-state index contributed by atoms with van der Waals surface area (Å²) in [5.74, 6) is 2.39. The van der Waals surface area contributed by atoms with Gasteiger partial charge >= 0.3 is 55.5 Å². The Hall–Kier alpha value is -3.60. The molecule has 13 heteroatoms. The summed E-state index contributed by atoms with van der Waals surface area (Å²) in [6.45, 7) is 0. The topological polar surface area (TPSA) is 109 Å². The molecule has 8 nitrogen and oxygen atoms in total. The summed E-state index contributed by atoms with van der Waals surface area (Å²) >= 11 is 6.08. The van der Waals surface area contributed by atoms with E-state index >= 15 is 0 Å². The van der Waals surface area contributed by atoms with Gasteiger partial charge in [0.05, 0.1) is 0 Å². The van der Waals surface area contributed by atoms with Crippen LogP contribution in [-0.2, 0) is 8.87 Å². The zero-order chi connectivity index (χ0) is 30.7. The Morgan fingerprint density at radius 1 is 0.400 bits per heavy atom. The third-order valence-electron chi connectivity index (χ3n) is 7.46. The Bertz CT molecular complexity index is 2150. The second-order valence-electron chi connectivity index (χ2n) is 10.4. The Kier molecular flexibility index (Phi) is 7.26. The molecular weight excluding hydrogens is 793 g/mol. The first-order valence-corrected chi connectivity index (χ1v) is 35.8. The van der Waals surface area contributed by atoms with Crippen LogP contribution in [0.2, 0.25) is 0 Å². The minimum absolute atomic E-state index is 0.597. The van der Waals surface area contributed by atoms with E-state index in [0.29, 0.717) is 45.9 Å². The van der Waals surface area contributed by atoms with Crippen LogP contribution in [0.25, 0.3) is 89.7 Å². The third kappa shape index (κ3) is 5.47. The van der Waals surface area contributed by atoms with E-state index in [0.717, 1.165) is 43.8 Å². The van der Waals surface area contributed by atoms with Crippen molar-refractivity contribution in [2.24, 2.45) is 0 Å². The second-order valence-corrected chi connectivity index (χ2v) is 61.4. The number of hydrogen-bond donors (Lipinski definition) is 2. The molecule has 0 radical (unpaired) electrons. The molecule has 0 saturated heterocycles. The fourth-order valence-electron chi connectivity index (χ4n) is 5.59. The molecule has 216 valence electrons. The van der Waals surface area contributed by atoms with Gasteiger partial charge in [-0.1, -0.05) is 97.1 Å². The maximum absolute atomic E-state index is 5.35. The van der Waals surface area contributed by atoms with Crippen molar-refractivity contribution < 1.29 is 8.87 Å². The van der Waals surface area contributed by atoms with Gasteiger partial charge < -0.3 is 9.97 Å². The van der Waals surface area contributed by atoms with Crippen LogP contribution in [0.5, 0.6) is 0 Å². The van der Waals surface area contributed by atoms with E-state index in [2.05, 4.69) is 37.2 Å². The van der Waals surface area contributed by atoms with Crippen molar-refractivity contribution in [3.63, 3.8) is 0 Å². The molecule has 2 N–H and O–H groups in total. The van der Waals surface area contributed by atoms with Crippen molar-refractivity contribution in [3.8, 4) is 45.6 Å². The standard InChI is InChI=1S/C32H18N8.2BrH.2ClH.Zn/c1-2-10-18-17(9-1)25-33-26(18)38-28-21-13-5-6-14-22(21)30(35-28)40-32-24-16-8-7-15-23(24)31(36-32)39-29-20-12-4-3-11-19(20)27(34-29)37-25;;;;;/h1-16H,(H2,33,34,35,36,37,38,39,40);4*1H;/q;;;;;+4/p-4. The molecule has 7 aromatic rings. The molecule has 2 aliphatic heterocycles. The average molecular weight is 811 g/mol. The molecule has 0 atom stereocenters. The van der Waals surface area contributed by atoms with Crippen molar-refractivity contribution in [1.82, 2.24) is 39.9 Å². The number of fused-ring (bicyclic) bond motifs is 20. The van der Waals surface area contributed by atoms with Crippen molar-refractivity contribution in [2.45, 2.75) is 0 Å². The Morgan fingerprint density at radius 3 is 0.867 bits per heavy atom. The number of nitrogens with one attached hydrogen (secondary N) is 2. The molecule has 8 bridgehead atoms. The van der Waals surface area contributed by atoms with Gasteiger partial charge in [-0.2, -0.15) is 0 Å². The molecule has 5 heterocycles. The van der Waals surface area contributed by atoms with E-state index in [9.17, 15) is 0 Å². The quantitative estimate of drug-likeness (QED) is 0.148. The number of H-pyrrole nitrogens is 2. The van der Waals surface area contributed by atoms with Crippen molar-refractivity contribution in [1.29, 1.82) is 0 Å². The smallest absolute Gasteiger partial charge is 0.164 e. The monoisotopic (exact) mass is 806 g/mol. The molecule has 0 aliphatic carbocycles. The first-order chi connectivity index (χ1) is 21.8. The van der Waals surface area contributed by atoms with E-state index in [1.54, 1.807) is 0 Å². The van der Waals surface area contributed by atoms with Crippen LogP contribution in [0.15, 0.2) is 97.1 Å². The summed E-state index contributed by atoms with van der Waals surface area (Å²) in [6.07, 6.45) is 0. The molecule has 0 saturated carbocycles. The fourth-order valence-corrected chi connectivity index (χ4v) is 5.59. The predicted molar refractivity (Wildman–Crippen MR) is 186 cm³/mol. The molecule has 45 heavy (non-hydrogen) atoms. The van der Waals surface area contributed by atoms with E-state index in [1.807, 2.05) is 97.1 Å². The first kappa shape index (κ1) is 28.8. The van der Waals surface area contributed by atoms with Crippen LogP contribution in [0.1, 0.15) is 0 Å². The molecular formula is C32H18Br2Cl2N8Zn. The van der Waals surface area contributed by atoms with Crippen LogP contribution in [0.4, 0.5) is 0 Å². The normalized spacial score (nSPS) is 11.6. The van der Waals surface area contributed by atoms with Crippen LogP contribution >= 0.6 is 46.6 Å². The molecule has 0 amide bonds. The van der Waals surface area contributed by atoms with Gasteiger partial charge in [-0.05, 0) is 0 Å². The fraction of sp³-hybridized carbons (Fsp3) is 0. The summed E-state index contributed by atoms with van der Waals surface area (Å²) in [6, 6.07) is 32.2. The number of benzene rings is 4. The maximum Gasteiger partial charge on any atom is 0.164 e. The van der Waals surface area contributed by atoms with Gasteiger partial charge in [-0.15, -0.1) is 0 Å². The molecule has 3 aromatic heterocycles. The van der Waals surface area contributed by atoms with Crippen molar-refractivity contribution in [3.05, 3.63) is 97.1 Å². The number of rotatable bonds is 0. The summed E-state index contributed by atoms with van der Waals surface area (Å²) in [5.41, 5.74) is 6.45. The van der Waals surface area contributed by atoms with Gasteiger partial charge in [0.15, 0.2) is 23.3 Å². The minimum Gasteiger partial charge on any atom is -0.324 e. The summed E-state index contributed by atoms with van der Waals surface area (Å²) in [4.78, 5) is 36.8. The van der Waals surface area contributed by atoms with Gasteiger partial charge in [-0.3, -0.25) is 0 Å². The van der Waals surface area contributed by atoms with Gasteiger partial charge in [0.25, 0.3) is 0 Å². The molecule has 2 aliphatic rings. The van der Waals surface area contributed by atoms with E-state index in [-0.39, 0.29) is 0 Å². The van der Waals surface area contributed by atoms with Gasteiger partial charge in [0.2, 0.25) is 0 Å². The Morgan fingerprint density at radius 2 is 0.622 bits per heavy atom. The second kappa shape index (κ2) is 11.3. The molecule has 0 spiro atoms. The largest absolute Gasteiger partial charge is 0.324 e. The van der Waals surface area contributed by atoms with E-state index in [4.69, 9.17) is 49.3 Å². The minimum atomic E-state index is -2.68. The summed E-state index contributed by atoms with van der Waals surface area (Å²) in [5, 5.41) is 3.82. The summed E-state index contributed by atoms with van der Waals surface area (Å²) in [7, 11) is 8.01. The van der Waals surface area contributed by atoms with Crippen LogP contribution < -0.4 is 0 Å². The van der Waals surface area contributed by atoms with Crippen LogP contribution in [-0.4, -0.2) is 39.9 Å². The number of nitrogens with zero attached hydrogens (tertiary/aromatic N) is 6. The number of aromatic nitrogens is 8. The van der Waals surface area contributed by atoms with Crippen molar-refractivity contribution in [2.75, 3.05) is 0 Å². The zero-order valence-corrected chi connectivity index (χ0v) is 30.8. The Labute approximate surface area is 280 Å². The van der Waals surface area contributed by atoms with Gasteiger partial charge in [-0.25, -0.2) is 29.9 Å². The molecule has 4 aromatic carbocycles. The maximum atomic E-state index is 5.35. The third-order valence-corrected chi connectivity index (χ3v) is 7.46. The van der Waals surface area contributed by atoms with E-state index in [1.165, 1.54) is 0 Å². The number of halogens is 4. The average Bonchev–Trinajstić information content (AvgIpc) is 3.76. The number of aromatic amines is 2. The SMILES string of the molecule is [Cl][Zn]([Cl])([Br])[Br].c1ccc2c(c1)-c1nc-2nc2[nH]c(nc3nc(nc4[nH]c(n1)c1ccccc41)-c1ccccc1-3)c1ccccc21. The first-order valence-electron chi connectivity index (χ1n) is 14.1. The molecule has 0 unspecified atom stereocenters. The van der Waals surface area contributed by atoms with Gasteiger partial charge in [0, 0.05) is 43.8 Å². The Balaban J connectivity index is 0.000000560. The number of hydrogen-bond acceptors (Lipinski definition) is 6. The van der Waals surface area contributed by atoms with E-state index < -0.39 is 8.87 Å². The van der Waals surface area contributed by atoms with Crippen LogP contribution in [0.3, 0.4) is 0 Å². The molecule has 9 rings (SSSR count). The zero-order valence-electron chi connectivity index (χ0n) is 23.1. The summed E-state index contributed by atoms with van der Waals surface area (Å²) < 4.78 is 0.